The van der Waals surface area contributed by atoms with Gasteiger partial charge >= 0.3 is 0 Å². The van der Waals surface area contributed by atoms with Gasteiger partial charge in [0.15, 0.2) is 0 Å². The van der Waals surface area contributed by atoms with Crippen molar-refractivity contribution in [2.24, 2.45) is 5.92 Å². The molecule has 11 nitrogen and oxygen atoms in total. The Morgan fingerprint density at radius 2 is 1.68 bits per heavy atom. The maximum atomic E-state index is 11.7. The lowest BCUT2D eigenvalue weighted by Crippen LogP contribution is -2.47. The van der Waals surface area contributed by atoms with Gasteiger partial charge in [0, 0.05) is 62.8 Å². The second kappa shape index (κ2) is 11.1. The van der Waals surface area contributed by atoms with Crippen molar-refractivity contribution in [1.82, 2.24) is 38.8 Å². The molecule has 2 aliphatic heterocycles. The zero-order valence-corrected chi connectivity index (χ0v) is 25.0. The Kier molecular flexibility index (Phi) is 7.47. The number of aromatic nitrogens is 6. The molecule has 0 saturated carbocycles. The van der Waals surface area contributed by atoms with Crippen LogP contribution in [0.5, 0.6) is 0 Å². The second-order valence-corrected chi connectivity index (χ2v) is 13.3. The Labute approximate surface area is 241 Å². The topological polar surface area (TPSA) is 113 Å². The van der Waals surface area contributed by atoms with Gasteiger partial charge in [0.2, 0.25) is 10.0 Å². The summed E-state index contributed by atoms with van der Waals surface area (Å²) in [4.78, 5) is 23.2. The number of sulfonamides is 1. The highest BCUT2D eigenvalue weighted by atomic mass is 32.2. The summed E-state index contributed by atoms with van der Waals surface area (Å²) in [6.07, 6.45) is 7.08. The van der Waals surface area contributed by atoms with E-state index < -0.39 is 10.0 Å². The number of aryl methyl sites for hydroxylation is 3. The van der Waals surface area contributed by atoms with E-state index in [0.29, 0.717) is 24.8 Å². The summed E-state index contributed by atoms with van der Waals surface area (Å²) < 4.78 is 26.9. The van der Waals surface area contributed by atoms with Crippen molar-refractivity contribution in [3.8, 4) is 11.3 Å². The van der Waals surface area contributed by atoms with E-state index in [-0.39, 0.29) is 0 Å². The van der Waals surface area contributed by atoms with Crippen molar-refractivity contribution in [2.45, 2.75) is 40.2 Å². The number of benzene rings is 1. The highest BCUT2D eigenvalue weighted by Crippen LogP contribution is 2.28. The molecule has 5 heterocycles. The van der Waals surface area contributed by atoms with Gasteiger partial charge in [-0.05, 0) is 50.7 Å². The molecule has 2 aliphatic rings. The minimum Gasteiger partial charge on any atom is -0.355 e. The lowest BCUT2D eigenvalue weighted by Gasteiger charge is -2.33. The Morgan fingerprint density at radius 1 is 0.927 bits per heavy atom. The van der Waals surface area contributed by atoms with Crippen molar-refractivity contribution in [1.29, 1.82) is 0 Å². The molecule has 2 fully saturated rings. The highest BCUT2D eigenvalue weighted by Gasteiger charge is 2.26. The van der Waals surface area contributed by atoms with Gasteiger partial charge in [-0.3, -0.25) is 9.88 Å². The maximum Gasteiger partial charge on any atom is 0.252 e. The number of rotatable bonds is 7. The van der Waals surface area contributed by atoms with Crippen LogP contribution in [0.4, 0.5) is 5.82 Å². The lowest BCUT2D eigenvalue weighted by atomic mass is 9.96. The Hall–Kier alpha value is -3.48. The smallest absolute Gasteiger partial charge is 0.252 e. The molecule has 3 aromatic heterocycles. The van der Waals surface area contributed by atoms with Crippen LogP contribution in [0.15, 0.2) is 36.7 Å². The summed E-state index contributed by atoms with van der Waals surface area (Å²) in [6, 6.07) is 8.42. The molecular formula is C29H37N9O2S. The largest absolute Gasteiger partial charge is 0.355 e. The van der Waals surface area contributed by atoms with Crippen LogP contribution in [0.2, 0.25) is 0 Å². The van der Waals surface area contributed by atoms with Gasteiger partial charge in [-0.15, -0.1) is 0 Å². The lowest BCUT2D eigenvalue weighted by molar-refractivity contribution is 0.182. The molecular weight excluding hydrogens is 538 g/mol. The third-order valence-electron chi connectivity index (χ3n) is 8.35. The predicted molar refractivity (Wildman–Crippen MR) is 158 cm³/mol. The minimum atomic E-state index is -3.11. The molecule has 41 heavy (non-hydrogen) atoms. The van der Waals surface area contributed by atoms with Gasteiger partial charge in [-0.25, -0.2) is 22.9 Å². The molecule has 6 rings (SSSR count). The zero-order valence-electron chi connectivity index (χ0n) is 24.2. The van der Waals surface area contributed by atoms with E-state index in [1.807, 2.05) is 23.8 Å². The van der Waals surface area contributed by atoms with E-state index in [1.165, 1.54) is 17.4 Å². The number of anilines is 1. The monoisotopic (exact) mass is 575 g/mol. The van der Waals surface area contributed by atoms with E-state index >= 15 is 0 Å². The molecule has 0 amide bonds. The van der Waals surface area contributed by atoms with Crippen LogP contribution in [0, 0.1) is 26.7 Å². The fourth-order valence-electron chi connectivity index (χ4n) is 5.99. The van der Waals surface area contributed by atoms with Crippen LogP contribution >= 0.6 is 0 Å². The fraction of sp³-hybridized carbons (Fsp3) is 0.483. The standard InChI is InChI=1S/C29H37N9O2S/c1-20-26(21(2)38-29(32-20)33-22(3)34-38)15-24-9-10-36(19-24)28-17-30-27(16-31-28)25-7-5-23(6-8-25)18-35-11-13-37(14-12-35)41(4,39)40/h5-8,16-17,24H,9-15,18-19H2,1-4H3/t24-/m0/s1. The van der Waals surface area contributed by atoms with Crippen LogP contribution in [-0.2, 0) is 23.0 Å². The SMILES string of the molecule is Cc1nc2nc(C)c(C[C@@H]3CCN(c4cnc(-c5ccc(CN6CCN(S(C)(=O)=O)CC6)cc5)cn4)C3)c(C)n2n1. The number of piperazine rings is 1. The molecule has 0 N–H and O–H groups in total. The third kappa shape index (κ3) is 5.95. The first-order valence-electron chi connectivity index (χ1n) is 14.2. The van der Waals surface area contributed by atoms with Crippen LogP contribution in [0.25, 0.3) is 17.0 Å². The number of hydrogen-bond donors (Lipinski definition) is 0. The molecule has 2 saturated heterocycles. The molecule has 0 bridgehead atoms. The summed E-state index contributed by atoms with van der Waals surface area (Å²) in [5.41, 5.74) is 6.50. The predicted octanol–water partition coefficient (Wildman–Crippen LogP) is 2.65. The molecule has 1 atom stereocenters. The van der Waals surface area contributed by atoms with E-state index in [0.717, 1.165) is 79.9 Å². The Morgan fingerprint density at radius 3 is 2.37 bits per heavy atom. The first-order valence-corrected chi connectivity index (χ1v) is 16.0. The van der Waals surface area contributed by atoms with E-state index in [9.17, 15) is 8.42 Å². The summed E-state index contributed by atoms with van der Waals surface area (Å²) in [6.45, 7) is 11.4. The molecule has 216 valence electrons. The quantitative estimate of drug-likeness (QED) is 0.328. The second-order valence-electron chi connectivity index (χ2n) is 11.3. The number of fused-ring (bicyclic) bond motifs is 1. The van der Waals surface area contributed by atoms with Crippen LogP contribution in [0.3, 0.4) is 0 Å². The number of nitrogens with zero attached hydrogens (tertiary/aromatic N) is 9. The summed E-state index contributed by atoms with van der Waals surface area (Å²) in [5.74, 6) is 2.84. The van der Waals surface area contributed by atoms with Gasteiger partial charge in [0.05, 0.1) is 24.3 Å². The molecule has 1 aromatic carbocycles. The van der Waals surface area contributed by atoms with E-state index in [4.69, 9.17) is 9.97 Å². The van der Waals surface area contributed by atoms with Crippen LogP contribution in [0.1, 0.15) is 34.8 Å². The van der Waals surface area contributed by atoms with Crippen molar-refractivity contribution >= 4 is 21.6 Å². The van der Waals surface area contributed by atoms with Gasteiger partial charge in [0.25, 0.3) is 5.78 Å². The van der Waals surface area contributed by atoms with Crippen molar-refractivity contribution < 1.29 is 8.42 Å². The average molecular weight is 576 g/mol. The Bertz CT molecular complexity index is 1640. The zero-order chi connectivity index (χ0) is 28.7. The summed E-state index contributed by atoms with van der Waals surface area (Å²) >= 11 is 0. The minimum absolute atomic E-state index is 0.514. The molecule has 4 aromatic rings. The van der Waals surface area contributed by atoms with Gasteiger partial charge < -0.3 is 4.90 Å². The van der Waals surface area contributed by atoms with Crippen LogP contribution < -0.4 is 4.90 Å². The molecule has 0 aliphatic carbocycles. The van der Waals surface area contributed by atoms with Gasteiger partial charge in [-0.1, -0.05) is 24.3 Å². The van der Waals surface area contributed by atoms with Gasteiger partial charge in [0.1, 0.15) is 11.6 Å². The van der Waals surface area contributed by atoms with Crippen LogP contribution in [-0.4, -0.2) is 92.7 Å². The van der Waals surface area contributed by atoms with Crippen molar-refractivity contribution in [3.05, 3.63) is 65.0 Å². The fourth-order valence-corrected chi connectivity index (χ4v) is 6.82. The first kappa shape index (κ1) is 27.7. The Balaban J connectivity index is 1.05. The third-order valence-corrected chi connectivity index (χ3v) is 9.66. The van der Waals surface area contributed by atoms with Gasteiger partial charge in [-0.2, -0.15) is 14.4 Å². The van der Waals surface area contributed by atoms with Crippen molar-refractivity contribution in [3.63, 3.8) is 0 Å². The van der Waals surface area contributed by atoms with E-state index in [2.05, 4.69) is 63.0 Å². The van der Waals surface area contributed by atoms with Crippen molar-refractivity contribution in [2.75, 3.05) is 50.4 Å². The molecule has 0 unspecified atom stereocenters. The first-order chi connectivity index (χ1) is 19.6. The average Bonchev–Trinajstić information content (AvgIpc) is 3.57. The molecule has 0 radical (unpaired) electrons. The summed E-state index contributed by atoms with van der Waals surface area (Å²) in [5, 5.41) is 4.52. The highest BCUT2D eigenvalue weighted by molar-refractivity contribution is 7.88. The normalized spacial score (nSPS) is 18.9. The summed E-state index contributed by atoms with van der Waals surface area (Å²) in [7, 11) is -3.11. The maximum absolute atomic E-state index is 11.7. The number of hydrogen-bond acceptors (Lipinski definition) is 9. The van der Waals surface area contributed by atoms with E-state index in [1.54, 1.807) is 4.31 Å². The molecule has 12 heteroatoms. The molecule has 0 spiro atoms.